The summed E-state index contributed by atoms with van der Waals surface area (Å²) in [5.74, 6) is 1.07. The smallest absolute Gasteiger partial charge is 0.264 e. The fraction of sp³-hybridized carbons (Fsp3) is 0. The molecule has 84 valence electrons. The molecule has 0 amide bonds. The molecule has 3 rings (SSSR count). The minimum atomic E-state index is 0.343. The van der Waals surface area contributed by atoms with Crippen LogP contribution in [-0.4, -0.2) is 15.0 Å². The summed E-state index contributed by atoms with van der Waals surface area (Å²) >= 11 is 0. The molecule has 2 aromatic heterocycles. The van der Waals surface area contributed by atoms with Crippen molar-refractivity contribution in [2.24, 2.45) is 0 Å². The normalized spacial score (nSPS) is 10.8. The van der Waals surface area contributed by atoms with Crippen molar-refractivity contribution in [1.82, 2.24) is 15.0 Å². The van der Waals surface area contributed by atoms with Crippen LogP contribution in [0.25, 0.3) is 22.6 Å². The van der Waals surface area contributed by atoms with Crippen LogP contribution in [0.4, 0.5) is 11.5 Å². The first kappa shape index (κ1) is 9.59. The Labute approximate surface area is 96.3 Å². The lowest BCUT2D eigenvalue weighted by atomic mass is 10.2. The average Bonchev–Trinajstić information content (AvgIpc) is 2.83. The lowest BCUT2D eigenvalue weighted by Crippen LogP contribution is -1.98. The first-order valence-corrected chi connectivity index (χ1v) is 4.96. The second-order valence-corrected chi connectivity index (χ2v) is 3.55. The van der Waals surface area contributed by atoms with Gasteiger partial charge in [-0.15, -0.1) is 0 Å². The first-order chi connectivity index (χ1) is 8.24. The van der Waals surface area contributed by atoms with Gasteiger partial charge in [-0.25, -0.2) is 15.0 Å². The molecule has 0 saturated heterocycles. The fourth-order valence-electron chi connectivity index (χ4n) is 1.60. The van der Waals surface area contributed by atoms with Crippen LogP contribution in [0, 0.1) is 0 Å². The highest BCUT2D eigenvalue weighted by molar-refractivity contribution is 5.91. The van der Waals surface area contributed by atoms with E-state index < -0.39 is 0 Å². The van der Waals surface area contributed by atoms with Gasteiger partial charge in [0, 0.05) is 11.1 Å². The summed E-state index contributed by atoms with van der Waals surface area (Å²) in [4.78, 5) is 12.4. The van der Waals surface area contributed by atoms with Crippen molar-refractivity contribution in [2.75, 3.05) is 11.5 Å². The van der Waals surface area contributed by atoms with E-state index in [-0.39, 0.29) is 0 Å². The highest BCUT2D eigenvalue weighted by Gasteiger charge is 2.10. The third-order valence-electron chi connectivity index (χ3n) is 2.37. The number of fused-ring (bicyclic) bond motifs is 1. The zero-order valence-corrected chi connectivity index (χ0v) is 8.79. The van der Waals surface area contributed by atoms with Crippen LogP contribution in [-0.2, 0) is 0 Å². The lowest BCUT2D eigenvalue weighted by Gasteiger charge is -2.03. The van der Waals surface area contributed by atoms with Crippen LogP contribution < -0.4 is 11.5 Å². The number of oxazole rings is 1. The molecule has 0 bridgehead atoms. The molecule has 0 aliphatic carbocycles. The van der Waals surface area contributed by atoms with Crippen LogP contribution in [0.5, 0.6) is 0 Å². The van der Waals surface area contributed by atoms with E-state index in [9.17, 15) is 0 Å². The number of nitrogens with zero attached hydrogens (tertiary/aromatic N) is 3. The topological polar surface area (TPSA) is 104 Å². The summed E-state index contributed by atoms with van der Waals surface area (Å²) in [5, 5.41) is 0.723. The van der Waals surface area contributed by atoms with Crippen LogP contribution in [0.2, 0.25) is 0 Å². The number of rotatable bonds is 1. The van der Waals surface area contributed by atoms with E-state index in [1.54, 1.807) is 18.2 Å². The highest BCUT2D eigenvalue weighted by atomic mass is 16.3. The minimum absolute atomic E-state index is 0.343. The van der Waals surface area contributed by atoms with E-state index in [1.165, 1.54) is 12.5 Å². The van der Waals surface area contributed by atoms with Gasteiger partial charge in [-0.1, -0.05) is 0 Å². The zero-order valence-electron chi connectivity index (χ0n) is 8.79. The Kier molecular flexibility index (Phi) is 1.94. The molecular formula is C11H9N5O. The Morgan fingerprint density at radius 3 is 2.76 bits per heavy atom. The molecule has 0 unspecified atom stereocenters. The van der Waals surface area contributed by atoms with Gasteiger partial charge in [-0.2, -0.15) is 0 Å². The fourth-order valence-corrected chi connectivity index (χ4v) is 1.60. The highest BCUT2D eigenvalue weighted by Crippen LogP contribution is 2.23. The molecule has 1 aromatic carbocycles. The van der Waals surface area contributed by atoms with E-state index >= 15 is 0 Å². The van der Waals surface area contributed by atoms with E-state index in [1.807, 2.05) is 0 Å². The summed E-state index contributed by atoms with van der Waals surface area (Å²) in [7, 11) is 0. The van der Waals surface area contributed by atoms with Gasteiger partial charge >= 0.3 is 0 Å². The van der Waals surface area contributed by atoms with Crippen molar-refractivity contribution in [3.8, 4) is 11.7 Å². The maximum absolute atomic E-state index is 5.86. The predicted octanol–water partition coefficient (Wildman–Crippen LogP) is 1.45. The second kappa shape index (κ2) is 3.44. The van der Waals surface area contributed by atoms with Crippen LogP contribution in [0.1, 0.15) is 0 Å². The predicted molar refractivity (Wildman–Crippen MR) is 63.9 cm³/mol. The monoisotopic (exact) mass is 227 g/mol. The third-order valence-corrected chi connectivity index (χ3v) is 2.37. The molecular weight excluding hydrogens is 218 g/mol. The molecule has 0 aliphatic rings. The maximum atomic E-state index is 5.86. The number of nitrogen functional groups attached to an aromatic ring is 2. The van der Waals surface area contributed by atoms with Gasteiger partial charge in [-0.3, -0.25) is 0 Å². The molecule has 3 aromatic rings. The molecule has 17 heavy (non-hydrogen) atoms. The van der Waals surface area contributed by atoms with Crippen molar-refractivity contribution < 1.29 is 4.42 Å². The summed E-state index contributed by atoms with van der Waals surface area (Å²) < 4.78 is 5.13. The van der Waals surface area contributed by atoms with Gasteiger partial charge in [0.2, 0.25) is 5.82 Å². The van der Waals surface area contributed by atoms with Crippen LogP contribution in [0.3, 0.4) is 0 Å². The lowest BCUT2D eigenvalue weighted by molar-refractivity contribution is 0.569. The summed E-state index contributed by atoms with van der Waals surface area (Å²) in [6.07, 6.45) is 2.99. The summed E-state index contributed by atoms with van der Waals surface area (Å²) in [6.45, 7) is 0. The van der Waals surface area contributed by atoms with E-state index in [4.69, 9.17) is 15.9 Å². The van der Waals surface area contributed by atoms with Gasteiger partial charge in [0.15, 0.2) is 0 Å². The van der Waals surface area contributed by atoms with Crippen molar-refractivity contribution in [1.29, 1.82) is 0 Å². The van der Waals surface area contributed by atoms with Crippen molar-refractivity contribution in [2.45, 2.75) is 0 Å². The Balaban J connectivity index is 2.28. The largest absolute Gasteiger partial charge is 0.442 e. The SMILES string of the molecule is Nc1ccc2nc(-c3ncco3)nc(N)c2c1. The number of benzene rings is 1. The Morgan fingerprint density at radius 2 is 2.00 bits per heavy atom. The number of hydrogen-bond acceptors (Lipinski definition) is 6. The van der Waals surface area contributed by atoms with Crippen LogP contribution >= 0.6 is 0 Å². The Bertz CT molecular complexity index is 678. The molecule has 0 atom stereocenters. The summed E-state index contributed by atoms with van der Waals surface area (Å²) in [5.41, 5.74) is 12.9. The molecule has 0 fully saturated rings. The zero-order chi connectivity index (χ0) is 11.8. The quantitative estimate of drug-likeness (QED) is 0.610. The number of aromatic nitrogens is 3. The molecule has 0 spiro atoms. The molecule has 6 nitrogen and oxygen atoms in total. The molecule has 6 heteroatoms. The number of anilines is 2. The maximum Gasteiger partial charge on any atom is 0.264 e. The molecule has 0 saturated carbocycles. The average molecular weight is 227 g/mol. The van der Waals surface area contributed by atoms with Gasteiger partial charge in [0.1, 0.15) is 12.1 Å². The van der Waals surface area contributed by atoms with E-state index in [0.717, 1.165) is 5.39 Å². The standard InChI is InChI=1S/C11H9N5O/c12-6-1-2-8-7(5-6)9(13)16-10(15-8)11-14-3-4-17-11/h1-5H,12H2,(H2,13,15,16). The molecule has 2 heterocycles. The van der Waals surface area contributed by atoms with Crippen LogP contribution in [0.15, 0.2) is 35.1 Å². The number of hydrogen-bond donors (Lipinski definition) is 2. The third kappa shape index (κ3) is 1.55. The molecule has 0 aliphatic heterocycles. The van der Waals surface area contributed by atoms with Gasteiger partial charge in [0.05, 0.1) is 11.7 Å². The van der Waals surface area contributed by atoms with E-state index in [0.29, 0.717) is 28.7 Å². The second-order valence-electron chi connectivity index (χ2n) is 3.55. The summed E-state index contributed by atoms with van der Waals surface area (Å²) in [6, 6.07) is 5.28. The van der Waals surface area contributed by atoms with Gasteiger partial charge < -0.3 is 15.9 Å². The number of nitrogens with two attached hydrogens (primary N) is 2. The minimum Gasteiger partial charge on any atom is -0.442 e. The van der Waals surface area contributed by atoms with Crippen molar-refractivity contribution in [3.63, 3.8) is 0 Å². The van der Waals surface area contributed by atoms with Crippen molar-refractivity contribution in [3.05, 3.63) is 30.7 Å². The molecule has 4 N–H and O–H groups in total. The van der Waals surface area contributed by atoms with Gasteiger partial charge in [0.25, 0.3) is 5.89 Å². The van der Waals surface area contributed by atoms with E-state index in [2.05, 4.69) is 15.0 Å². The molecule has 0 radical (unpaired) electrons. The Morgan fingerprint density at radius 1 is 1.12 bits per heavy atom. The first-order valence-electron chi connectivity index (χ1n) is 4.96. The Hall–Kier alpha value is -2.63. The van der Waals surface area contributed by atoms with Crippen molar-refractivity contribution >= 4 is 22.4 Å². The van der Waals surface area contributed by atoms with Gasteiger partial charge in [-0.05, 0) is 18.2 Å².